The highest BCUT2D eigenvalue weighted by Gasteiger charge is 2.70. The molecule has 0 N–H and O–H groups in total. The molecule has 1 aliphatic carbocycles. The third kappa shape index (κ3) is 7.45. The lowest BCUT2D eigenvalue weighted by Gasteiger charge is -2.54. The lowest BCUT2D eigenvalue weighted by Crippen LogP contribution is -2.59. The molecule has 3 heterocycles. The predicted molar refractivity (Wildman–Crippen MR) is 298 cm³/mol. The van der Waals surface area contributed by atoms with Gasteiger partial charge in [0.15, 0.2) is 0 Å². The quantitative estimate of drug-likeness (QED) is 0.154. The summed E-state index contributed by atoms with van der Waals surface area (Å²) in [5, 5.41) is 9.86. The third-order valence-electron chi connectivity index (χ3n) is 14.8. The molecular weight excluding hydrogens is 895 g/mol. The summed E-state index contributed by atoms with van der Waals surface area (Å²) in [6.45, 7) is 7.21. The molecule has 9 aromatic rings. The fourth-order valence-corrected chi connectivity index (χ4v) is 11.5. The van der Waals surface area contributed by atoms with Crippen molar-refractivity contribution < 1.29 is 0 Å². The molecule has 0 fully saturated rings. The summed E-state index contributed by atoms with van der Waals surface area (Å²) < 4.78 is 0. The van der Waals surface area contributed by atoms with Gasteiger partial charge in [-0.25, -0.2) is 0 Å². The van der Waals surface area contributed by atoms with Crippen LogP contribution in [0.15, 0.2) is 182 Å². The highest BCUT2D eigenvalue weighted by molar-refractivity contribution is 5.93. The van der Waals surface area contributed by atoms with E-state index in [1.807, 2.05) is 97.1 Å². The van der Waals surface area contributed by atoms with E-state index >= 15 is 0 Å². The van der Waals surface area contributed by atoms with E-state index in [0.29, 0.717) is 0 Å². The van der Waals surface area contributed by atoms with Gasteiger partial charge in [-0.3, -0.25) is 0 Å². The van der Waals surface area contributed by atoms with Gasteiger partial charge in [0, 0.05) is 67.7 Å². The van der Waals surface area contributed by atoms with Gasteiger partial charge in [-0.05, 0) is 187 Å². The van der Waals surface area contributed by atoms with E-state index in [-0.39, 0.29) is 0 Å². The number of aryl methyl sites for hydroxylation is 3. The van der Waals surface area contributed by atoms with Gasteiger partial charge in [-0.2, -0.15) is 10.2 Å². The molecule has 1 unspecified atom stereocenters. The first-order valence-corrected chi connectivity index (χ1v) is 24.8. The maximum atomic E-state index is 5.55. The Labute approximate surface area is 434 Å². The van der Waals surface area contributed by atoms with Crippen molar-refractivity contribution >= 4 is 5.69 Å². The van der Waals surface area contributed by atoms with Crippen LogP contribution in [0.4, 0.5) is 5.69 Å². The summed E-state index contributed by atoms with van der Waals surface area (Å²) in [5.74, 6) is 32.6. The van der Waals surface area contributed by atoms with Gasteiger partial charge in [0.05, 0.1) is 22.5 Å². The number of benzene rings is 8. The minimum Gasteiger partial charge on any atom is -0.354 e. The Bertz CT molecular complexity index is 3930. The second kappa shape index (κ2) is 18.3. The average molecular weight is 940 g/mol. The largest absolute Gasteiger partial charge is 0.354 e. The van der Waals surface area contributed by atoms with E-state index in [1.54, 1.807) is 0 Å². The van der Waals surface area contributed by atoms with Crippen LogP contribution in [-0.4, -0.2) is 16.7 Å². The van der Waals surface area contributed by atoms with Crippen LogP contribution in [0, 0.1) is 92.8 Å². The van der Waals surface area contributed by atoms with Crippen LogP contribution < -0.4 is 4.90 Å². The smallest absolute Gasteiger partial charge is 0.109 e. The Balaban J connectivity index is 1.02. The van der Waals surface area contributed by atoms with Crippen LogP contribution in [0.2, 0.25) is 0 Å². The third-order valence-corrected chi connectivity index (χ3v) is 14.8. The highest BCUT2D eigenvalue weighted by atomic mass is 15.3. The molecule has 3 nitrogen and oxygen atoms in total. The number of rotatable bonds is 1. The Morgan fingerprint density at radius 2 is 0.811 bits per heavy atom. The minimum absolute atomic E-state index is 0.753. The first kappa shape index (κ1) is 45.2. The maximum absolute atomic E-state index is 5.55. The van der Waals surface area contributed by atoms with Crippen molar-refractivity contribution in [2.45, 2.75) is 38.1 Å². The SMILES string of the molecule is C#Cc1ccc(C#Cc2ccc(C#Cc3ccc4c(c3)C3(c5cc(C#Cc6ccc(C#Cc7ccc(C#C)cc7)cc6)ccc5-4)c4c(C)nnc(C)c4N4CCc5ccccc5C43c3ccc(C)cc3)cc2)cc1. The van der Waals surface area contributed by atoms with E-state index in [2.05, 4.69) is 170 Å². The van der Waals surface area contributed by atoms with Gasteiger partial charge in [-0.15, -0.1) is 12.8 Å². The second-order valence-electron chi connectivity index (χ2n) is 19.1. The van der Waals surface area contributed by atoms with E-state index in [9.17, 15) is 0 Å². The van der Waals surface area contributed by atoms with E-state index < -0.39 is 11.0 Å². The normalized spacial score (nSPS) is 14.5. The van der Waals surface area contributed by atoms with E-state index in [1.165, 1.54) is 50.1 Å². The average Bonchev–Trinajstić information content (AvgIpc) is 3.92. The Kier molecular flexibility index (Phi) is 11.2. The van der Waals surface area contributed by atoms with Crippen LogP contribution in [-0.2, 0) is 17.4 Å². The zero-order valence-corrected chi connectivity index (χ0v) is 41.2. The number of nitrogens with zero attached hydrogens (tertiary/aromatic N) is 3. The van der Waals surface area contributed by atoms with Crippen LogP contribution in [0.5, 0.6) is 0 Å². The molecule has 8 aromatic carbocycles. The van der Waals surface area contributed by atoms with Crippen molar-refractivity contribution in [3.05, 3.63) is 288 Å². The summed E-state index contributed by atoms with van der Waals surface area (Å²) >= 11 is 0. The molecule has 3 aliphatic rings. The van der Waals surface area contributed by atoms with Gasteiger partial charge in [0.2, 0.25) is 0 Å². The number of anilines is 1. The number of fused-ring (bicyclic) bond motifs is 12. The zero-order valence-electron chi connectivity index (χ0n) is 41.2. The zero-order chi connectivity index (χ0) is 50.4. The van der Waals surface area contributed by atoms with Gasteiger partial charge in [0.1, 0.15) is 5.54 Å². The predicted octanol–water partition coefficient (Wildman–Crippen LogP) is 12.6. The molecule has 12 rings (SSSR count). The fraction of sp³-hybridized carbons (Fsp3) is 0.0986. The first-order valence-electron chi connectivity index (χ1n) is 24.8. The van der Waals surface area contributed by atoms with Crippen molar-refractivity contribution in [3.8, 4) is 83.2 Å². The molecule has 2 aliphatic heterocycles. The number of hydrogen-bond acceptors (Lipinski definition) is 3. The molecule has 1 aromatic heterocycles. The Morgan fingerprint density at radius 3 is 1.26 bits per heavy atom. The molecule has 344 valence electrons. The molecule has 1 spiro atoms. The summed E-state index contributed by atoms with van der Waals surface area (Å²) in [7, 11) is 0. The van der Waals surface area contributed by atoms with Gasteiger partial charge in [-0.1, -0.05) is 125 Å². The molecular formula is C71H45N3. The minimum atomic E-state index is -0.818. The second-order valence-corrected chi connectivity index (χ2v) is 19.1. The molecule has 0 amide bonds. The molecule has 0 saturated heterocycles. The van der Waals surface area contributed by atoms with E-state index in [0.717, 1.165) is 85.7 Å². The summed E-state index contributed by atoms with van der Waals surface area (Å²) in [4.78, 5) is 2.68. The van der Waals surface area contributed by atoms with Crippen LogP contribution in [0.3, 0.4) is 0 Å². The van der Waals surface area contributed by atoms with Crippen LogP contribution in [0.1, 0.15) is 106 Å². The van der Waals surface area contributed by atoms with Crippen molar-refractivity contribution in [1.29, 1.82) is 0 Å². The summed E-state index contributed by atoms with van der Waals surface area (Å²) in [6, 6.07) is 63.6. The molecule has 0 bridgehead atoms. The summed E-state index contributed by atoms with van der Waals surface area (Å²) in [6.07, 6.45) is 12.0. The molecule has 0 radical (unpaired) electrons. The van der Waals surface area contributed by atoms with Crippen LogP contribution in [0.25, 0.3) is 11.1 Å². The summed E-state index contributed by atoms with van der Waals surface area (Å²) in [5.41, 5.74) is 21.2. The van der Waals surface area contributed by atoms with Crippen molar-refractivity contribution in [2.75, 3.05) is 11.4 Å². The van der Waals surface area contributed by atoms with E-state index in [4.69, 9.17) is 23.0 Å². The van der Waals surface area contributed by atoms with Gasteiger partial charge >= 0.3 is 0 Å². The van der Waals surface area contributed by atoms with Crippen LogP contribution >= 0.6 is 0 Å². The molecule has 74 heavy (non-hydrogen) atoms. The maximum Gasteiger partial charge on any atom is 0.109 e. The molecule has 1 atom stereocenters. The number of aromatic nitrogens is 2. The van der Waals surface area contributed by atoms with Gasteiger partial charge in [0.25, 0.3) is 0 Å². The Hall–Kier alpha value is -10.0. The highest BCUT2D eigenvalue weighted by Crippen LogP contribution is 2.72. The van der Waals surface area contributed by atoms with Crippen molar-refractivity contribution in [1.82, 2.24) is 10.2 Å². The molecule has 3 heteroatoms. The fourth-order valence-electron chi connectivity index (χ4n) is 11.5. The first-order chi connectivity index (χ1) is 36.3. The standard InChI is InChI=1S/C71H45N3/c1-6-51-14-18-53(19-15-51)22-24-55-26-30-57(31-27-55)34-36-59-38-42-63-64-43-39-60(37-35-58-32-28-56(29-33-58)25-23-54-20-16-52(7-2)17-21-54)47-67(64)70(66(63)46-59)68-49(4)72-73-50(5)69(68)74-45-44-61-10-8-9-11-65(61)71(70,74)62-40-12-48(3)13-41-62/h1-2,8-21,26-33,38-43,46-47H,44-45H2,3-5H3. The molecule has 0 saturated carbocycles. The lowest BCUT2D eigenvalue weighted by molar-refractivity contribution is 0.358. The van der Waals surface area contributed by atoms with Crippen molar-refractivity contribution in [3.63, 3.8) is 0 Å². The van der Waals surface area contributed by atoms with Gasteiger partial charge < -0.3 is 4.90 Å². The lowest BCUT2D eigenvalue weighted by atomic mass is 9.55. The van der Waals surface area contributed by atoms with Crippen molar-refractivity contribution in [2.24, 2.45) is 0 Å². The number of terminal acetylenes is 2. The number of hydrogen-bond donors (Lipinski definition) is 0. The Morgan fingerprint density at radius 1 is 0.419 bits per heavy atom. The monoisotopic (exact) mass is 939 g/mol. The topological polar surface area (TPSA) is 29.0 Å².